The lowest BCUT2D eigenvalue weighted by molar-refractivity contribution is -0.116. The highest BCUT2D eigenvalue weighted by molar-refractivity contribution is 6.02. The van der Waals surface area contributed by atoms with Gasteiger partial charge in [-0.25, -0.2) is 0 Å². The molecule has 0 unspecified atom stereocenters. The van der Waals surface area contributed by atoms with Crippen LogP contribution in [-0.4, -0.2) is 18.4 Å². The smallest absolute Gasteiger partial charge is 0.291 e. The lowest BCUT2D eigenvalue weighted by Gasteiger charge is -2.10. The SMILES string of the molecule is Cc1cc(NC(=O)CCCN)ccc1NC(=O)c1ccco1. The highest BCUT2D eigenvalue weighted by Gasteiger charge is 2.10. The average molecular weight is 301 g/mol. The first-order valence-electron chi connectivity index (χ1n) is 7.05. The molecule has 2 amide bonds. The fourth-order valence-corrected chi connectivity index (χ4v) is 1.96. The van der Waals surface area contributed by atoms with Gasteiger partial charge in [0.2, 0.25) is 5.91 Å². The Kier molecular flexibility index (Phi) is 5.32. The summed E-state index contributed by atoms with van der Waals surface area (Å²) in [6, 6.07) is 8.54. The summed E-state index contributed by atoms with van der Waals surface area (Å²) in [6.07, 6.45) is 2.50. The summed E-state index contributed by atoms with van der Waals surface area (Å²) in [7, 11) is 0. The summed E-state index contributed by atoms with van der Waals surface area (Å²) < 4.78 is 5.04. The topological polar surface area (TPSA) is 97.4 Å². The van der Waals surface area contributed by atoms with Crippen molar-refractivity contribution in [3.63, 3.8) is 0 Å². The van der Waals surface area contributed by atoms with Gasteiger partial charge in [0.1, 0.15) is 0 Å². The van der Waals surface area contributed by atoms with Gasteiger partial charge in [-0.2, -0.15) is 0 Å². The van der Waals surface area contributed by atoms with E-state index in [-0.39, 0.29) is 17.6 Å². The second-order valence-electron chi connectivity index (χ2n) is 4.90. The van der Waals surface area contributed by atoms with Gasteiger partial charge in [0.05, 0.1) is 6.26 Å². The molecule has 0 saturated heterocycles. The van der Waals surface area contributed by atoms with Crippen LogP contribution in [0.25, 0.3) is 0 Å². The summed E-state index contributed by atoms with van der Waals surface area (Å²) >= 11 is 0. The van der Waals surface area contributed by atoms with Crippen LogP contribution in [0.1, 0.15) is 29.0 Å². The van der Waals surface area contributed by atoms with Crippen molar-refractivity contribution >= 4 is 23.2 Å². The van der Waals surface area contributed by atoms with E-state index in [2.05, 4.69) is 10.6 Å². The normalized spacial score (nSPS) is 10.3. The van der Waals surface area contributed by atoms with Gasteiger partial charge in [0, 0.05) is 17.8 Å². The number of aryl methyl sites for hydroxylation is 1. The summed E-state index contributed by atoms with van der Waals surface area (Å²) in [4.78, 5) is 23.6. The lowest BCUT2D eigenvalue weighted by atomic mass is 10.1. The quantitative estimate of drug-likeness (QED) is 0.763. The van der Waals surface area contributed by atoms with Gasteiger partial charge in [0.25, 0.3) is 5.91 Å². The van der Waals surface area contributed by atoms with E-state index in [9.17, 15) is 9.59 Å². The maximum Gasteiger partial charge on any atom is 0.291 e. The lowest BCUT2D eigenvalue weighted by Crippen LogP contribution is -2.14. The first-order chi connectivity index (χ1) is 10.6. The zero-order valence-electron chi connectivity index (χ0n) is 12.4. The Morgan fingerprint density at radius 3 is 2.68 bits per heavy atom. The van der Waals surface area contributed by atoms with Crippen LogP contribution in [0.3, 0.4) is 0 Å². The number of rotatable bonds is 6. The Labute approximate surface area is 128 Å². The fourth-order valence-electron chi connectivity index (χ4n) is 1.96. The van der Waals surface area contributed by atoms with E-state index in [0.717, 1.165) is 5.56 Å². The largest absolute Gasteiger partial charge is 0.459 e. The number of hydrogen-bond acceptors (Lipinski definition) is 4. The van der Waals surface area contributed by atoms with Gasteiger partial charge < -0.3 is 20.8 Å². The summed E-state index contributed by atoms with van der Waals surface area (Å²) in [5.41, 5.74) is 7.58. The monoisotopic (exact) mass is 301 g/mol. The minimum absolute atomic E-state index is 0.0720. The van der Waals surface area contributed by atoms with Crippen LogP contribution >= 0.6 is 0 Å². The number of anilines is 2. The van der Waals surface area contributed by atoms with Crippen molar-refractivity contribution in [1.29, 1.82) is 0 Å². The molecule has 0 aliphatic carbocycles. The van der Waals surface area contributed by atoms with Gasteiger partial charge in [-0.3, -0.25) is 9.59 Å². The number of hydrogen-bond donors (Lipinski definition) is 3. The molecule has 6 nitrogen and oxygen atoms in total. The molecule has 6 heteroatoms. The molecule has 0 saturated carbocycles. The molecule has 0 aliphatic rings. The van der Waals surface area contributed by atoms with E-state index in [1.165, 1.54) is 6.26 Å². The van der Waals surface area contributed by atoms with Crippen LogP contribution in [0.2, 0.25) is 0 Å². The Morgan fingerprint density at radius 1 is 1.23 bits per heavy atom. The molecule has 0 fully saturated rings. The van der Waals surface area contributed by atoms with Crippen LogP contribution in [0.15, 0.2) is 41.0 Å². The van der Waals surface area contributed by atoms with Crippen molar-refractivity contribution in [3.8, 4) is 0 Å². The number of nitrogens with two attached hydrogens (primary N) is 1. The molecule has 116 valence electrons. The molecule has 2 rings (SSSR count). The molecule has 1 aromatic carbocycles. The molecule has 2 aromatic rings. The first kappa shape index (κ1) is 15.8. The summed E-state index contributed by atoms with van der Waals surface area (Å²) in [5, 5.41) is 5.57. The maximum atomic E-state index is 11.9. The number of benzene rings is 1. The van der Waals surface area contributed by atoms with E-state index >= 15 is 0 Å². The second kappa shape index (κ2) is 7.42. The van der Waals surface area contributed by atoms with E-state index in [1.54, 1.807) is 30.3 Å². The van der Waals surface area contributed by atoms with Crippen LogP contribution in [-0.2, 0) is 4.79 Å². The summed E-state index contributed by atoms with van der Waals surface area (Å²) in [5.74, 6) is -0.136. The minimum atomic E-state index is -0.312. The average Bonchev–Trinajstić information content (AvgIpc) is 3.02. The third-order valence-electron chi connectivity index (χ3n) is 3.11. The molecule has 0 atom stereocenters. The van der Waals surface area contributed by atoms with Gasteiger partial charge in [-0.1, -0.05) is 0 Å². The molecular weight excluding hydrogens is 282 g/mol. The molecule has 4 N–H and O–H groups in total. The van der Waals surface area contributed by atoms with Crippen molar-refractivity contribution in [3.05, 3.63) is 47.9 Å². The molecule has 1 aromatic heterocycles. The second-order valence-corrected chi connectivity index (χ2v) is 4.90. The predicted molar refractivity (Wildman–Crippen MR) is 84.8 cm³/mol. The van der Waals surface area contributed by atoms with Crippen molar-refractivity contribution in [1.82, 2.24) is 0 Å². The van der Waals surface area contributed by atoms with Crippen LogP contribution < -0.4 is 16.4 Å². The van der Waals surface area contributed by atoms with E-state index in [0.29, 0.717) is 30.8 Å². The third kappa shape index (κ3) is 4.20. The Balaban J connectivity index is 2.00. The van der Waals surface area contributed by atoms with Crippen molar-refractivity contribution in [2.75, 3.05) is 17.2 Å². The molecule has 0 aliphatic heterocycles. The number of amides is 2. The van der Waals surface area contributed by atoms with Crippen LogP contribution in [0.4, 0.5) is 11.4 Å². The van der Waals surface area contributed by atoms with E-state index < -0.39 is 0 Å². The van der Waals surface area contributed by atoms with E-state index in [1.807, 2.05) is 6.92 Å². The molecule has 22 heavy (non-hydrogen) atoms. The third-order valence-corrected chi connectivity index (χ3v) is 3.11. The number of carbonyl (C=O) groups is 2. The number of carbonyl (C=O) groups excluding carboxylic acids is 2. The molecule has 0 radical (unpaired) electrons. The Morgan fingerprint density at radius 2 is 2.05 bits per heavy atom. The standard InChI is InChI=1S/C16H19N3O3/c1-11-10-12(18-15(20)5-2-8-17)6-7-13(11)19-16(21)14-4-3-9-22-14/h3-4,6-7,9-10H,2,5,8,17H2,1H3,(H,18,20)(H,19,21). The van der Waals surface area contributed by atoms with Crippen molar-refractivity contribution in [2.24, 2.45) is 5.73 Å². The number of furan rings is 1. The van der Waals surface area contributed by atoms with Gasteiger partial charge >= 0.3 is 0 Å². The zero-order valence-corrected chi connectivity index (χ0v) is 12.4. The fraction of sp³-hybridized carbons (Fsp3) is 0.250. The minimum Gasteiger partial charge on any atom is -0.459 e. The molecule has 0 bridgehead atoms. The van der Waals surface area contributed by atoms with Crippen LogP contribution in [0.5, 0.6) is 0 Å². The van der Waals surface area contributed by atoms with E-state index in [4.69, 9.17) is 10.2 Å². The first-order valence-corrected chi connectivity index (χ1v) is 7.05. The molecule has 1 heterocycles. The Bertz CT molecular complexity index is 651. The predicted octanol–water partition coefficient (Wildman–Crippen LogP) is 2.52. The van der Waals surface area contributed by atoms with Crippen molar-refractivity contribution in [2.45, 2.75) is 19.8 Å². The highest BCUT2D eigenvalue weighted by Crippen LogP contribution is 2.20. The van der Waals surface area contributed by atoms with Gasteiger partial charge in [-0.05, 0) is 55.8 Å². The van der Waals surface area contributed by atoms with Gasteiger partial charge in [0.15, 0.2) is 5.76 Å². The maximum absolute atomic E-state index is 11.9. The van der Waals surface area contributed by atoms with Crippen molar-refractivity contribution < 1.29 is 14.0 Å². The zero-order chi connectivity index (χ0) is 15.9. The molecule has 0 spiro atoms. The molecular formula is C16H19N3O3. The summed E-state index contributed by atoms with van der Waals surface area (Å²) in [6.45, 7) is 2.34. The highest BCUT2D eigenvalue weighted by atomic mass is 16.3. The van der Waals surface area contributed by atoms with Gasteiger partial charge in [-0.15, -0.1) is 0 Å². The number of nitrogens with one attached hydrogen (secondary N) is 2. The van der Waals surface area contributed by atoms with Crippen LogP contribution in [0, 0.1) is 6.92 Å². The Hall–Kier alpha value is -2.60.